The summed E-state index contributed by atoms with van der Waals surface area (Å²) in [4.78, 5) is 14.4. The van der Waals surface area contributed by atoms with Gasteiger partial charge in [-0.25, -0.2) is 4.79 Å². The molecular formula is C20H28F3NO5. The van der Waals surface area contributed by atoms with Gasteiger partial charge < -0.3 is 18.9 Å². The fourth-order valence-electron chi connectivity index (χ4n) is 2.85. The Bertz CT molecular complexity index is 682. The van der Waals surface area contributed by atoms with Crippen molar-refractivity contribution >= 4 is 5.97 Å². The Balaban J connectivity index is 2.12. The Hall–Kier alpha value is -1.84. The Morgan fingerprint density at radius 2 is 1.86 bits per heavy atom. The Labute approximate surface area is 168 Å². The summed E-state index contributed by atoms with van der Waals surface area (Å²) in [5.41, 5.74) is -1.57. The molecule has 1 saturated heterocycles. The average Bonchev–Trinajstić information content (AvgIpc) is 2.65. The topological polar surface area (TPSA) is 57.2 Å². The van der Waals surface area contributed by atoms with Gasteiger partial charge >= 0.3 is 12.1 Å². The summed E-state index contributed by atoms with van der Waals surface area (Å²) in [5.74, 6) is -1.18. The number of halogens is 3. The molecule has 0 bridgehead atoms. The number of methoxy groups -OCH3 is 1. The summed E-state index contributed by atoms with van der Waals surface area (Å²) in [7, 11) is 1.35. The van der Waals surface area contributed by atoms with Gasteiger partial charge in [0.25, 0.3) is 0 Å². The van der Waals surface area contributed by atoms with E-state index < -0.39 is 35.2 Å². The van der Waals surface area contributed by atoms with Crippen LogP contribution in [0.2, 0.25) is 0 Å². The third-order valence-electron chi connectivity index (χ3n) is 4.42. The highest BCUT2D eigenvalue weighted by Gasteiger charge is 2.37. The van der Waals surface area contributed by atoms with Gasteiger partial charge in [0.2, 0.25) is 6.29 Å². The third kappa shape index (κ3) is 6.87. The van der Waals surface area contributed by atoms with Crippen LogP contribution in [0.25, 0.3) is 0 Å². The molecule has 2 rings (SSSR count). The molecule has 1 unspecified atom stereocenters. The van der Waals surface area contributed by atoms with E-state index in [0.717, 1.165) is 31.3 Å². The molecule has 6 nitrogen and oxygen atoms in total. The SMILES string of the molecule is COC(Oc1cc(C(=O)OCCN2CCOCC2)ccc1C(F)(F)F)C(C)(C)C. The Morgan fingerprint density at radius 1 is 1.21 bits per heavy atom. The summed E-state index contributed by atoms with van der Waals surface area (Å²) in [6.45, 7) is 8.76. The molecule has 1 aliphatic rings. The van der Waals surface area contributed by atoms with Crippen molar-refractivity contribution in [1.82, 2.24) is 4.90 Å². The normalized spacial score (nSPS) is 17.1. The third-order valence-corrected chi connectivity index (χ3v) is 4.42. The smallest absolute Gasteiger partial charge is 0.419 e. The first-order chi connectivity index (χ1) is 13.5. The summed E-state index contributed by atoms with van der Waals surface area (Å²) in [6.07, 6.45) is -5.57. The number of ether oxygens (including phenoxy) is 4. The van der Waals surface area contributed by atoms with Crippen LogP contribution < -0.4 is 4.74 Å². The van der Waals surface area contributed by atoms with Crippen molar-refractivity contribution < 1.29 is 36.9 Å². The van der Waals surface area contributed by atoms with Crippen LogP contribution in [-0.4, -0.2) is 63.7 Å². The second-order valence-corrected chi connectivity index (χ2v) is 7.85. The zero-order valence-corrected chi connectivity index (χ0v) is 17.2. The minimum Gasteiger partial charge on any atom is -0.464 e. The lowest BCUT2D eigenvalue weighted by Gasteiger charge is -2.30. The number of rotatable bonds is 7. The highest BCUT2D eigenvalue weighted by Crippen LogP contribution is 2.38. The van der Waals surface area contributed by atoms with Crippen LogP contribution in [-0.2, 0) is 20.4 Å². The highest BCUT2D eigenvalue weighted by atomic mass is 19.4. The molecule has 0 N–H and O–H groups in total. The van der Waals surface area contributed by atoms with Gasteiger partial charge in [0.1, 0.15) is 12.4 Å². The van der Waals surface area contributed by atoms with Crippen LogP contribution in [0.3, 0.4) is 0 Å². The maximum Gasteiger partial charge on any atom is 0.419 e. The van der Waals surface area contributed by atoms with Crippen molar-refractivity contribution in [2.75, 3.05) is 46.6 Å². The van der Waals surface area contributed by atoms with Gasteiger partial charge in [-0.1, -0.05) is 20.8 Å². The van der Waals surface area contributed by atoms with E-state index in [1.54, 1.807) is 20.8 Å². The van der Waals surface area contributed by atoms with E-state index in [2.05, 4.69) is 4.90 Å². The molecule has 0 aliphatic carbocycles. The Kier molecular flexibility index (Phi) is 7.90. The minimum absolute atomic E-state index is 0.0151. The standard InChI is InChI=1S/C20H28F3NO5/c1-19(2,3)18(26-4)29-16-13-14(5-6-15(16)20(21,22)23)17(25)28-12-9-24-7-10-27-11-8-24/h5-6,13,18H,7-12H2,1-4H3. The van der Waals surface area contributed by atoms with E-state index in [0.29, 0.717) is 19.8 Å². The van der Waals surface area contributed by atoms with E-state index in [-0.39, 0.29) is 12.2 Å². The number of benzene rings is 1. The first-order valence-electron chi connectivity index (χ1n) is 9.40. The zero-order valence-electron chi connectivity index (χ0n) is 17.2. The van der Waals surface area contributed by atoms with Gasteiger partial charge in [0.05, 0.1) is 24.3 Å². The molecule has 0 saturated carbocycles. The van der Waals surface area contributed by atoms with Crippen molar-refractivity contribution in [1.29, 1.82) is 0 Å². The summed E-state index contributed by atoms with van der Waals surface area (Å²) in [6, 6.07) is 2.96. The van der Waals surface area contributed by atoms with Crippen molar-refractivity contribution in [3.8, 4) is 5.75 Å². The van der Waals surface area contributed by atoms with Crippen LogP contribution in [0, 0.1) is 5.41 Å². The molecule has 1 fully saturated rings. The van der Waals surface area contributed by atoms with Crippen LogP contribution >= 0.6 is 0 Å². The largest absolute Gasteiger partial charge is 0.464 e. The van der Waals surface area contributed by atoms with Crippen LogP contribution in [0.5, 0.6) is 5.75 Å². The number of carbonyl (C=O) groups is 1. The van der Waals surface area contributed by atoms with Crippen LogP contribution in [0.15, 0.2) is 18.2 Å². The van der Waals surface area contributed by atoms with Gasteiger partial charge in [-0.2, -0.15) is 13.2 Å². The summed E-state index contributed by atoms with van der Waals surface area (Å²) in [5, 5.41) is 0. The molecule has 0 spiro atoms. The van der Waals surface area contributed by atoms with Gasteiger partial charge in [0.15, 0.2) is 0 Å². The van der Waals surface area contributed by atoms with E-state index in [1.807, 2.05) is 0 Å². The number of nitrogens with zero attached hydrogens (tertiary/aromatic N) is 1. The zero-order chi connectivity index (χ0) is 21.7. The van der Waals surface area contributed by atoms with Gasteiger partial charge in [-0.05, 0) is 18.2 Å². The molecule has 1 aromatic carbocycles. The van der Waals surface area contributed by atoms with E-state index in [1.165, 1.54) is 7.11 Å². The molecule has 1 aliphatic heterocycles. The highest BCUT2D eigenvalue weighted by molar-refractivity contribution is 5.90. The number of hydrogen-bond donors (Lipinski definition) is 0. The predicted molar refractivity (Wildman–Crippen MR) is 99.9 cm³/mol. The first kappa shape index (κ1) is 23.4. The summed E-state index contributed by atoms with van der Waals surface area (Å²) >= 11 is 0. The Morgan fingerprint density at radius 3 is 2.41 bits per heavy atom. The number of carbonyl (C=O) groups excluding carboxylic acids is 1. The van der Waals surface area contributed by atoms with E-state index in [4.69, 9.17) is 18.9 Å². The van der Waals surface area contributed by atoms with Gasteiger partial charge in [-0.15, -0.1) is 0 Å². The molecule has 1 aromatic rings. The monoisotopic (exact) mass is 419 g/mol. The quantitative estimate of drug-likeness (QED) is 0.497. The number of esters is 1. The molecule has 29 heavy (non-hydrogen) atoms. The molecule has 1 heterocycles. The maximum absolute atomic E-state index is 13.4. The van der Waals surface area contributed by atoms with Crippen molar-refractivity contribution in [3.05, 3.63) is 29.3 Å². The first-order valence-corrected chi connectivity index (χ1v) is 9.40. The molecule has 1 atom stereocenters. The maximum atomic E-state index is 13.4. The fourth-order valence-corrected chi connectivity index (χ4v) is 2.85. The summed E-state index contributed by atoms with van der Waals surface area (Å²) < 4.78 is 61.3. The molecule has 0 radical (unpaired) electrons. The van der Waals surface area contributed by atoms with Crippen molar-refractivity contribution in [3.63, 3.8) is 0 Å². The second kappa shape index (κ2) is 9.77. The van der Waals surface area contributed by atoms with Crippen LogP contribution in [0.1, 0.15) is 36.7 Å². The lowest BCUT2D eigenvalue weighted by Crippen LogP contribution is -2.38. The molecule has 9 heteroatoms. The molecular weight excluding hydrogens is 391 g/mol. The molecule has 0 aromatic heterocycles. The van der Waals surface area contributed by atoms with Crippen molar-refractivity contribution in [2.45, 2.75) is 33.2 Å². The van der Waals surface area contributed by atoms with E-state index >= 15 is 0 Å². The number of hydrogen-bond acceptors (Lipinski definition) is 6. The number of morpholine rings is 1. The molecule has 164 valence electrons. The van der Waals surface area contributed by atoms with Gasteiger partial charge in [-0.3, -0.25) is 4.90 Å². The van der Waals surface area contributed by atoms with Gasteiger partial charge in [0, 0.05) is 32.2 Å². The predicted octanol–water partition coefficient (Wildman–Crippen LogP) is 3.59. The lowest BCUT2D eigenvalue weighted by molar-refractivity contribution is -0.148. The van der Waals surface area contributed by atoms with Crippen LogP contribution in [0.4, 0.5) is 13.2 Å². The second-order valence-electron chi connectivity index (χ2n) is 7.85. The van der Waals surface area contributed by atoms with Crippen molar-refractivity contribution in [2.24, 2.45) is 5.41 Å². The number of alkyl halides is 3. The fraction of sp³-hybridized carbons (Fsp3) is 0.650. The molecule has 0 amide bonds. The van der Waals surface area contributed by atoms with E-state index in [9.17, 15) is 18.0 Å². The minimum atomic E-state index is -4.63. The average molecular weight is 419 g/mol. The lowest BCUT2D eigenvalue weighted by atomic mass is 9.96.